The first kappa shape index (κ1) is 19.2. The summed E-state index contributed by atoms with van der Waals surface area (Å²) < 4.78 is 0. The van der Waals surface area contributed by atoms with Gasteiger partial charge in [-0.05, 0) is 32.9 Å². The lowest BCUT2D eigenvalue weighted by Crippen LogP contribution is -2.49. The Balaban J connectivity index is 2.12. The van der Waals surface area contributed by atoms with Crippen LogP contribution in [0.3, 0.4) is 0 Å². The maximum absolute atomic E-state index is 11.9. The molecule has 0 unspecified atom stereocenters. The molecule has 2 amide bonds. The Morgan fingerprint density at radius 2 is 2.15 bits per heavy atom. The zero-order chi connectivity index (χ0) is 19.8. The number of benzene rings is 1. The van der Waals surface area contributed by atoms with Gasteiger partial charge in [-0.15, -0.1) is 0 Å². The van der Waals surface area contributed by atoms with E-state index >= 15 is 0 Å². The molecule has 2 heterocycles. The van der Waals surface area contributed by atoms with Gasteiger partial charge in [0.25, 0.3) is 0 Å². The number of amides is 2. The van der Waals surface area contributed by atoms with Gasteiger partial charge < -0.3 is 15.3 Å². The summed E-state index contributed by atoms with van der Waals surface area (Å²) in [7, 11) is 0. The highest BCUT2D eigenvalue weighted by Gasteiger charge is 2.29. The summed E-state index contributed by atoms with van der Waals surface area (Å²) in [4.78, 5) is 31.6. The van der Waals surface area contributed by atoms with Gasteiger partial charge in [0.05, 0.1) is 23.6 Å². The Bertz CT molecular complexity index is 894. The number of pyridine rings is 1. The number of anilines is 1. The van der Waals surface area contributed by atoms with E-state index in [1.807, 2.05) is 43.9 Å². The minimum absolute atomic E-state index is 0.0841. The highest BCUT2D eigenvalue weighted by atomic mass is 35.5. The average Bonchev–Trinajstić information content (AvgIpc) is 2.58. The van der Waals surface area contributed by atoms with Crippen LogP contribution in [0.2, 0.25) is 5.02 Å². The minimum atomic E-state index is -1.00. The van der Waals surface area contributed by atoms with Crippen LogP contribution in [0.15, 0.2) is 24.3 Å². The predicted molar refractivity (Wildman–Crippen MR) is 105 cm³/mol. The normalized spacial score (nSPS) is 15.0. The van der Waals surface area contributed by atoms with Crippen molar-refractivity contribution in [3.8, 4) is 0 Å². The van der Waals surface area contributed by atoms with E-state index in [1.54, 1.807) is 6.07 Å². The molecule has 0 aliphatic carbocycles. The number of carboxylic acid groups (broad SMARTS) is 1. The Morgan fingerprint density at radius 1 is 1.41 bits per heavy atom. The summed E-state index contributed by atoms with van der Waals surface area (Å²) in [6.07, 6.45) is -1.00. The summed E-state index contributed by atoms with van der Waals surface area (Å²) in [5, 5.41) is 13.8. The first-order valence-corrected chi connectivity index (χ1v) is 9.15. The van der Waals surface area contributed by atoms with E-state index in [4.69, 9.17) is 16.6 Å². The van der Waals surface area contributed by atoms with Crippen LogP contribution in [0.5, 0.6) is 0 Å². The second kappa shape index (κ2) is 7.23. The lowest BCUT2D eigenvalue weighted by Gasteiger charge is -2.35. The largest absolute Gasteiger partial charge is 0.465 e. The number of carbonyl (C=O) groups is 2. The number of nitrogens with zero attached hydrogens (tertiary/aromatic N) is 3. The minimum Gasteiger partial charge on any atom is -0.465 e. The van der Waals surface area contributed by atoms with Gasteiger partial charge in [0.2, 0.25) is 5.91 Å². The molecule has 8 heteroatoms. The van der Waals surface area contributed by atoms with Crippen molar-refractivity contribution in [3.05, 3.63) is 34.9 Å². The molecule has 1 fully saturated rings. The number of carbonyl (C=O) groups excluding carboxylic acids is 1. The molecule has 1 aliphatic heterocycles. The Labute approximate surface area is 162 Å². The number of hydrogen-bond acceptors (Lipinski definition) is 4. The maximum atomic E-state index is 11.9. The molecule has 2 aromatic rings. The fraction of sp³-hybridized carbons (Fsp3) is 0.421. The smallest absolute Gasteiger partial charge is 0.408 e. The highest BCUT2D eigenvalue weighted by molar-refractivity contribution is 6.35. The number of rotatable bonds is 3. The molecular formula is C19H23ClN4O3. The van der Waals surface area contributed by atoms with E-state index in [0.717, 1.165) is 10.9 Å². The molecule has 3 rings (SSSR count). The standard InChI is InChI=1S/C19H23ClN4O3/c1-19(2,3)24(18(26)27)10-13-9-12-5-4-6-14(20)16(12)22-17(13)23-8-7-21-15(25)11-23/h4-6,9H,7-8,10-11H2,1-3H3,(H,21,25)(H,26,27). The van der Waals surface area contributed by atoms with E-state index in [1.165, 1.54) is 4.90 Å². The molecule has 27 heavy (non-hydrogen) atoms. The SMILES string of the molecule is CC(C)(C)N(Cc1cc2cccc(Cl)c2nc1N1CCNC(=O)C1)C(=O)O. The van der Waals surface area contributed by atoms with E-state index in [0.29, 0.717) is 29.4 Å². The summed E-state index contributed by atoms with van der Waals surface area (Å²) in [5.41, 5.74) is 0.810. The Hall–Kier alpha value is -2.54. The van der Waals surface area contributed by atoms with Gasteiger partial charge in [0, 0.05) is 29.6 Å². The molecule has 0 saturated carbocycles. The molecule has 2 N–H and O–H groups in total. The van der Waals surface area contributed by atoms with Crippen molar-refractivity contribution in [1.29, 1.82) is 0 Å². The lowest BCUT2D eigenvalue weighted by atomic mass is 10.0. The highest BCUT2D eigenvalue weighted by Crippen LogP contribution is 2.30. The number of nitrogens with one attached hydrogen (secondary N) is 1. The first-order valence-electron chi connectivity index (χ1n) is 8.77. The third kappa shape index (κ3) is 4.08. The van der Waals surface area contributed by atoms with Crippen molar-refractivity contribution in [2.75, 3.05) is 24.5 Å². The molecular weight excluding hydrogens is 368 g/mol. The number of hydrogen-bond donors (Lipinski definition) is 2. The summed E-state index contributed by atoms with van der Waals surface area (Å²) in [6.45, 7) is 7.01. The van der Waals surface area contributed by atoms with Gasteiger partial charge in [0.1, 0.15) is 5.82 Å². The van der Waals surface area contributed by atoms with Crippen LogP contribution in [-0.4, -0.2) is 52.2 Å². The zero-order valence-electron chi connectivity index (χ0n) is 15.6. The van der Waals surface area contributed by atoms with Crippen molar-refractivity contribution in [2.45, 2.75) is 32.9 Å². The Morgan fingerprint density at radius 3 is 2.78 bits per heavy atom. The lowest BCUT2D eigenvalue weighted by molar-refractivity contribution is -0.120. The van der Waals surface area contributed by atoms with Gasteiger partial charge in [0.15, 0.2) is 0 Å². The molecule has 1 saturated heterocycles. The fourth-order valence-electron chi connectivity index (χ4n) is 3.17. The van der Waals surface area contributed by atoms with Crippen molar-refractivity contribution >= 4 is 40.3 Å². The third-order valence-electron chi connectivity index (χ3n) is 4.56. The van der Waals surface area contributed by atoms with Crippen molar-refractivity contribution < 1.29 is 14.7 Å². The number of piperazine rings is 1. The summed E-state index contributed by atoms with van der Waals surface area (Å²) in [5.74, 6) is 0.514. The molecule has 1 aromatic heterocycles. The second-order valence-electron chi connectivity index (χ2n) is 7.59. The van der Waals surface area contributed by atoms with E-state index < -0.39 is 11.6 Å². The predicted octanol–water partition coefficient (Wildman–Crippen LogP) is 3.10. The number of fused-ring (bicyclic) bond motifs is 1. The molecule has 0 radical (unpaired) electrons. The van der Waals surface area contributed by atoms with E-state index in [-0.39, 0.29) is 19.0 Å². The molecule has 0 spiro atoms. The maximum Gasteiger partial charge on any atom is 0.408 e. The second-order valence-corrected chi connectivity index (χ2v) is 8.00. The van der Waals surface area contributed by atoms with Gasteiger partial charge in [-0.2, -0.15) is 0 Å². The summed E-state index contributed by atoms with van der Waals surface area (Å²) in [6, 6.07) is 7.41. The molecule has 0 bridgehead atoms. The average molecular weight is 391 g/mol. The molecule has 1 aromatic carbocycles. The van der Waals surface area contributed by atoms with Gasteiger partial charge in [-0.3, -0.25) is 9.69 Å². The topological polar surface area (TPSA) is 85.8 Å². The first-order chi connectivity index (χ1) is 12.7. The molecule has 144 valence electrons. The summed E-state index contributed by atoms with van der Waals surface area (Å²) >= 11 is 6.31. The van der Waals surface area contributed by atoms with Gasteiger partial charge >= 0.3 is 6.09 Å². The van der Waals surface area contributed by atoms with Crippen LogP contribution in [0.4, 0.5) is 10.6 Å². The van der Waals surface area contributed by atoms with Crippen LogP contribution < -0.4 is 10.2 Å². The van der Waals surface area contributed by atoms with Gasteiger partial charge in [-0.1, -0.05) is 23.7 Å². The van der Waals surface area contributed by atoms with E-state index in [2.05, 4.69) is 5.32 Å². The third-order valence-corrected chi connectivity index (χ3v) is 4.86. The molecule has 1 aliphatic rings. The number of para-hydroxylation sites is 1. The van der Waals surface area contributed by atoms with Crippen LogP contribution in [-0.2, 0) is 11.3 Å². The van der Waals surface area contributed by atoms with Crippen LogP contribution in [0.25, 0.3) is 10.9 Å². The van der Waals surface area contributed by atoms with Crippen molar-refractivity contribution in [3.63, 3.8) is 0 Å². The van der Waals surface area contributed by atoms with E-state index in [9.17, 15) is 14.7 Å². The monoisotopic (exact) mass is 390 g/mol. The van der Waals surface area contributed by atoms with Crippen molar-refractivity contribution in [2.24, 2.45) is 0 Å². The van der Waals surface area contributed by atoms with Crippen LogP contribution in [0.1, 0.15) is 26.3 Å². The quantitative estimate of drug-likeness (QED) is 0.841. The Kier molecular flexibility index (Phi) is 5.15. The van der Waals surface area contributed by atoms with Gasteiger partial charge in [-0.25, -0.2) is 9.78 Å². The van der Waals surface area contributed by atoms with Crippen LogP contribution in [0, 0.1) is 0 Å². The fourth-order valence-corrected chi connectivity index (χ4v) is 3.39. The molecule has 7 nitrogen and oxygen atoms in total. The number of aromatic nitrogens is 1. The van der Waals surface area contributed by atoms with Crippen LogP contribution >= 0.6 is 11.6 Å². The van der Waals surface area contributed by atoms with Crippen molar-refractivity contribution in [1.82, 2.24) is 15.2 Å². The number of halogens is 1. The zero-order valence-corrected chi connectivity index (χ0v) is 16.4. The molecule has 0 atom stereocenters.